The zero-order valence-electron chi connectivity index (χ0n) is 13.0. The van der Waals surface area contributed by atoms with Crippen LogP contribution in [0.3, 0.4) is 0 Å². The number of fused-ring (bicyclic) bond motifs is 1. The predicted octanol–water partition coefficient (Wildman–Crippen LogP) is 2.93. The summed E-state index contributed by atoms with van der Waals surface area (Å²) < 4.78 is 5.47. The van der Waals surface area contributed by atoms with E-state index in [9.17, 15) is 0 Å². The highest BCUT2D eigenvalue weighted by Crippen LogP contribution is 2.36. The van der Waals surface area contributed by atoms with Crippen LogP contribution in [0, 0.1) is 5.92 Å². The predicted molar refractivity (Wildman–Crippen MR) is 82.3 cm³/mol. The van der Waals surface area contributed by atoms with E-state index in [1.54, 1.807) is 0 Å². The molecule has 0 amide bonds. The highest BCUT2D eigenvalue weighted by Gasteiger charge is 2.28. The molecule has 2 aromatic rings. The van der Waals surface area contributed by atoms with Gasteiger partial charge in [-0.2, -0.15) is 4.98 Å². The van der Waals surface area contributed by atoms with E-state index >= 15 is 0 Å². The zero-order valence-corrected chi connectivity index (χ0v) is 13.0. The Morgan fingerprint density at radius 2 is 2.14 bits per heavy atom. The maximum atomic E-state index is 5.47. The Balaban J connectivity index is 1.77. The van der Waals surface area contributed by atoms with Gasteiger partial charge in [0.25, 0.3) is 0 Å². The van der Waals surface area contributed by atoms with Gasteiger partial charge in [0.1, 0.15) is 0 Å². The minimum absolute atomic E-state index is 0.297. The minimum Gasteiger partial charge on any atom is -0.339 e. The van der Waals surface area contributed by atoms with Gasteiger partial charge in [-0.05, 0) is 36.9 Å². The molecule has 4 nitrogen and oxygen atoms in total. The second-order valence-corrected chi connectivity index (χ2v) is 6.18. The van der Waals surface area contributed by atoms with Crippen LogP contribution in [-0.2, 0) is 12.8 Å². The van der Waals surface area contributed by atoms with Gasteiger partial charge in [-0.3, -0.25) is 0 Å². The maximum Gasteiger partial charge on any atom is 0.228 e. The molecule has 2 atom stereocenters. The average molecular weight is 285 g/mol. The van der Waals surface area contributed by atoms with Crippen molar-refractivity contribution in [3.8, 4) is 0 Å². The Morgan fingerprint density at radius 3 is 2.90 bits per heavy atom. The third kappa shape index (κ3) is 2.86. The minimum atomic E-state index is 0.297. The molecule has 0 aliphatic heterocycles. The molecule has 1 aliphatic carbocycles. The standard InChI is InChI=1S/C17H23N3O/c1-11(2)15(18-3)10-16-19-17(20-21-16)14-9-8-12-6-4-5-7-13(12)14/h4-7,11,14-15,18H,8-10H2,1-3H3. The Labute approximate surface area is 126 Å². The molecule has 112 valence electrons. The molecule has 0 radical (unpaired) electrons. The van der Waals surface area contributed by atoms with Crippen molar-refractivity contribution in [3.63, 3.8) is 0 Å². The lowest BCUT2D eigenvalue weighted by Gasteiger charge is -2.17. The monoisotopic (exact) mass is 285 g/mol. The summed E-state index contributed by atoms with van der Waals surface area (Å²) in [5, 5.41) is 7.55. The number of hydrogen-bond acceptors (Lipinski definition) is 4. The molecule has 3 rings (SSSR count). The number of nitrogens with zero attached hydrogens (tertiary/aromatic N) is 2. The SMILES string of the molecule is CNC(Cc1nc(C2CCc3ccccc32)no1)C(C)C. The van der Waals surface area contributed by atoms with Crippen LogP contribution in [0.15, 0.2) is 28.8 Å². The number of rotatable bonds is 5. The molecular formula is C17H23N3O. The third-order valence-electron chi connectivity index (χ3n) is 4.50. The third-order valence-corrected chi connectivity index (χ3v) is 4.50. The number of hydrogen-bond donors (Lipinski definition) is 1. The first kappa shape index (κ1) is 14.3. The van der Waals surface area contributed by atoms with Gasteiger partial charge in [0.2, 0.25) is 5.89 Å². The Morgan fingerprint density at radius 1 is 1.33 bits per heavy atom. The van der Waals surface area contributed by atoms with E-state index in [1.165, 1.54) is 11.1 Å². The van der Waals surface area contributed by atoms with Crippen molar-refractivity contribution in [2.45, 2.75) is 45.1 Å². The quantitative estimate of drug-likeness (QED) is 0.917. The number of nitrogens with one attached hydrogen (secondary N) is 1. The summed E-state index contributed by atoms with van der Waals surface area (Å²) in [5.41, 5.74) is 2.78. The van der Waals surface area contributed by atoms with Crippen molar-refractivity contribution in [3.05, 3.63) is 47.1 Å². The van der Waals surface area contributed by atoms with E-state index in [1.807, 2.05) is 7.05 Å². The maximum absolute atomic E-state index is 5.47. The summed E-state index contributed by atoms with van der Waals surface area (Å²) in [6, 6.07) is 8.95. The van der Waals surface area contributed by atoms with Crippen LogP contribution in [-0.4, -0.2) is 23.2 Å². The van der Waals surface area contributed by atoms with E-state index in [0.717, 1.165) is 31.0 Å². The normalized spacial score (nSPS) is 19.0. The summed E-state index contributed by atoms with van der Waals surface area (Å²) >= 11 is 0. The van der Waals surface area contributed by atoms with Crippen molar-refractivity contribution < 1.29 is 4.52 Å². The molecule has 1 N–H and O–H groups in total. The highest BCUT2D eigenvalue weighted by molar-refractivity contribution is 5.38. The molecule has 2 unspecified atom stereocenters. The first-order chi connectivity index (χ1) is 10.2. The summed E-state index contributed by atoms with van der Waals surface area (Å²) in [6.45, 7) is 4.40. The Kier molecular flexibility index (Phi) is 4.06. The first-order valence-corrected chi connectivity index (χ1v) is 7.76. The second kappa shape index (κ2) is 5.98. The molecule has 1 heterocycles. The molecular weight excluding hydrogens is 262 g/mol. The van der Waals surface area contributed by atoms with Gasteiger partial charge in [-0.15, -0.1) is 0 Å². The van der Waals surface area contributed by atoms with Gasteiger partial charge in [-0.25, -0.2) is 0 Å². The molecule has 4 heteroatoms. The summed E-state index contributed by atoms with van der Waals surface area (Å²) in [6.07, 6.45) is 2.98. The fourth-order valence-corrected chi connectivity index (χ4v) is 3.18. The molecule has 0 saturated heterocycles. The molecule has 0 fully saturated rings. The molecule has 0 bridgehead atoms. The van der Waals surface area contributed by atoms with Gasteiger partial charge in [0, 0.05) is 18.4 Å². The molecule has 21 heavy (non-hydrogen) atoms. The molecule has 1 aromatic heterocycles. The number of likely N-dealkylation sites (N-methyl/N-ethyl adjacent to an activating group) is 1. The van der Waals surface area contributed by atoms with Gasteiger partial charge in [0.15, 0.2) is 5.82 Å². The Bertz CT molecular complexity index is 606. The summed E-state index contributed by atoms with van der Waals surface area (Å²) in [5.74, 6) is 2.42. The largest absolute Gasteiger partial charge is 0.339 e. The van der Waals surface area contributed by atoms with E-state index < -0.39 is 0 Å². The van der Waals surface area contributed by atoms with Crippen LogP contribution in [0.5, 0.6) is 0 Å². The summed E-state index contributed by atoms with van der Waals surface area (Å²) in [4.78, 5) is 4.64. The number of aryl methyl sites for hydroxylation is 1. The van der Waals surface area contributed by atoms with Crippen LogP contribution in [0.4, 0.5) is 0 Å². The molecule has 1 aliphatic rings. The number of benzene rings is 1. The summed E-state index contributed by atoms with van der Waals surface area (Å²) in [7, 11) is 1.98. The van der Waals surface area contributed by atoms with Crippen molar-refractivity contribution in [1.82, 2.24) is 15.5 Å². The van der Waals surface area contributed by atoms with Crippen LogP contribution >= 0.6 is 0 Å². The van der Waals surface area contributed by atoms with Crippen LogP contribution in [0.1, 0.15) is 49.0 Å². The van der Waals surface area contributed by atoms with Crippen LogP contribution < -0.4 is 5.32 Å². The zero-order chi connectivity index (χ0) is 14.8. The molecule has 0 spiro atoms. The fraction of sp³-hybridized carbons (Fsp3) is 0.529. The smallest absolute Gasteiger partial charge is 0.228 e. The van der Waals surface area contributed by atoms with E-state index in [2.05, 4.69) is 53.6 Å². The second-order valence-electron chi connectivity index (χ2n) is 6.18. The molecule has 0 saturated carbocycles. The van der Waals surface area contributed by atoms with Crippen molar-refractivity contribution in [1.29, 1.82) is 0 Å². The topological polar surface area (TPSA) is 51.0 Å². The van der Waals surface area contributed by atoms with Gasteiger partial charge < -0.3 is 9.84 Å². The highest BCUT2D eigenvalue weighted by atomic mass is 16.5. The van der Waals surface area contributed by atoms with Crippen LogP contribution in [0.25, 0.3) is 0 Å². The fourth-order valence-electron chi connectivity index (χ4n) is 3.18. The lowest BCUT2D eigenvalue weighted by atomic mass is 10.0. The first-order valence-electron chi connectivity index (χ1n) is 7.76. The molecule has 1 aromatic carbocycles. The van der Waals surface area contributed by atoms with E-state index in [-0.39, 0.29) is 0 Å². The average Bonchev–Trinajstić information content (AvgIpc) is 3.10. The van der Waals surface area contributed by atoms with Gasteiger partial charge in [0.05, 0.1) is 0 Å². The number of aromatic nitrogens is 2. The van der Waals surface area contributed by atoms with E-state index in [0.29, 0.717) is 17.9 Å². The Hall–Kier alpha value is -1.68. The lowest BCUT2D eigenvalue weighted by Crippen LogP contribution is -2.32. The van der Waals surface area contributed by atoms with Gasteiger partial charge >= 0.3 is 0 Å². The van der Waals surface area contributed by atoms with Crippen molar-refractivity contribution in [2.75, 3.05) is 7.05 Å². The van der Waals surface area contributed by atoms with Crippen molar-refractivity contribution in [2.24, 2.45) is 5.92 Å². The van der Waals surface area contributed by atoms with Crippen molar-refractivity contribution >= 4 is 0 Å². The lowest BCUT2D eigenvalue weighted by molar-refractivity contribution is 0.332. The van der Waals surface area contributed by atoms with E-state index in [4.69, 9.17) is 4.52 Å². The van der Waals surface area contributed by atoms with Gasteiger partial charge in [-0.1, -0.05) is 43.3 Å². The van der Waals surface area contributed by atoms with Crippen LogP contribution in [0.2, 0.25) is 0 Å².